The van der Waals surface area contributed by atoms with Gasteiger partial charge in [-0.05, 0) is 18.9 Å². The van der Waals surface area contributed by atoms with E-state index in [9.17, 15) is 4.79 Å². The van der Waals surface area contributed by atoms with Crippen molar-refractivity contribution >= 4 is 11.6 Å². The Morgan fingerprint density at radius 2 is 2.12 bits per heavy atom. The SMILES string of the molecule is CCC(CC)NC(=O)c1cnccc1NC. The molecule has 0 unspecified atom stereocenters. The molecule has 2 N–H and O–H groups in total. The molecule has 1 heterocycles. The molecule has 0 bridgehead atoms. The lowest BCUT2D eigenvalue weighted by Crippen LogP contribution is -2.34. The van der Waals surface area contributed by atoms with Crippen molar-refractivity contribution in [2.75, 3.05) is 12.4 Å². The largest absolute Gasteiger partial charge is 0.387 e. The number of pyridine rings is 1. The van der Waals surface area contributed by atoms with Gasteiger partial charge < -0.3 is 10.6 Å². The summed E-state index contributed by atoms with van der Waals surface area (Å²) < 4.78 is 0. The summed E-state index contributed by atoms with van der Waals surface area (Å²) in [4.78, 5) is 15.9. The second-order valence-electron chi connectivity index (χ2n) is 3.66. The Hall–Kier alpha value is -1.58. The Balaban J connectivity index is 2.79. The molecule has 1 rings (SSSR count). The Bertz CT molecular complexity index is 348. The van der Waals surface area contributed by atoms with E-state index in [1.807, 2.05) is 0 Å². The highest BCUT2D eigenvalue weighted by molar-refractivity contribution is 5.99. The molecule has 0 aliphatic heterocycles. The number of hydrogen-bond donors (Lipinski definition) is 2. The Labute approximate surface area is 96.5 Å². The van der Waals surface area contributed by atoms with E-state index >= 15 is 0 Å². The van der Waals surface area contributed by atoms with Crippen molar-refractivity contribution in [3.05, 3.63) is 24.0 Å². The summed E-state index contributed by atoms with van der Waals surface area (Å²) in [6.45, 7) is 4.13. The van der Waals surface area contributed by atoms with Crippen molar-refractivity contribution in [2.45, 2.75) is 32.7 Å². The van der Waals surface area contributed by atoms with Gasteiger partial charge in [0.15, 0.2) is 0 Å². The number of rotatable bonds is 5. The summed E-state index contributed by atoms with van der Waals surface area (Å²) in [6.07, 6.45) is 5.14. The predicted molar refractivity (Wildman–Crippen MR) is 65.6 cm³/mol. The minimum absolute atomic E-state index is 0.0637. The maximum Gasteiger partial charge on any atom is 0.255 e. The van der Waals surface area contributed by atoms with Crippen molar-refractivity contribution in [1.82, 2.24) is 10.3 Å². The van der Waals surface area contributed by atoms with Crippen molar-refractivity contribution < 1.29 is 4.79 Å². The number of anilines is 1. The van der Waals surface area contributed by atoms with Crippen LogP contribution in [0.3, 0.4) is 0 Å². The van der Waals surface area contributed by atoms with Crippen LogP contribution in [0.25, 0.3) is 0 Å². The zero-order chi connectivity index (χ0) is 12.0. The quantitative estimate of drug-likeness (QED) is 0.800. The molecule has 0 atom stereocenters. The minimum atomic E-state index is -0.0637. The van der Waals surface area contributed by atoms with E-state index in [1.54, 1.807) is 25.5 Å². The van der Waals surface area contributed by atoms with Gasteiger partial charge in [0.25, 0.3) is 5.91 Å². The van der Waals surface area contributed by atoms with Gasteiger partial charge in [-0.1, -0.05) is 13.8 Å². The summed E-state index contributed by atoms with van der Waals surface area (Å²) >= 11 is 0. The topological polar surface area (TPSA) is 54.0 Å². The Kier molecular flexibility index (Phi) is 4.76. The first kappa shape index (κ1) is 12.5. The molecule has 1 aromatic heterocycles. The van der Waals surface area contributed by atoms with E-state index in [0.717, 1.165) is 18.5 Å². The first-order valence-corrected chi connectivity index (χ1v) is 5.65. The molecular formula is C12H19N3O. The zero-order valence-corrected chi connectivity index (χ0v) is 10.1. The molecule has 0 saturated heterocycles. The second-order valence-corrected chi connectivity index (χ2v) is 3.66. The monoisotopic (exact) mass is 221 g/mol. The van der Waals surface area contributed by atoms with Crippen LogP contribution in [0.15, 0.2) is 18.5 Å². The maximum atomic E-state index is 12.0. The molecule has 0 aromatic carbocycles. The lowest BCUT2D eigenvalue weighted by molar-refractivity contribution is 0.0935. The highest BCUT2D eigenvalue weighted by Crippen LogP contribution is 2.12. The molecular weight excluding hydrogens is 202 g/mol. The van der Waals surface area contributed by atoms with Gasteiger partial charge in [0.2, 0.25) is 0 Å². The summed E-state index contributed by atoms with van der Waals surface area (Å²) in [5.74, 6) is -0.0637. The number of hydrogen-bond acceptors (Lipinski definition) is 3. The van der Waals surface area contributed by atoms with E-state index < -0.39 is 0 Å². The lowest BCUT2D eigenvalue weighted by atomic mass is 10.1. The number of aromatic nitrogens is 1. The number of amides is 1. The first-order chi connectivity index (χ1) is 7.72. The second kappa shape index (κ2) is 6.10. The molecule has 0 aliphatic carbocycles. The summed E-state index contributed by atoms with van der Waals surface area (Å²) in [5, 5.41) is 5.97. The standard InChI is InChI=1S/C12H19N3O/c1-4-9(5-2)15-12(16)10-8-14-7-6-11(10)13-3/h6-9H,4-5H2,1-3H3,(H,13,14)(H,15,16). The summed E-state index contributed by atoms with van der Waals surface area (Å²) in [5.41, 5.74) is 1.40. The van der Waals surface area contributed by atoms with Gasteiger partial charge in [-0.3, -0.25) is 9.78 Å². The Morgan fingerprint density at radius 1 is 1.44 bits per heavy atom. The molecule has 0 radical (unpaired) electrons. The van der Waals surface area contributed by atoms with Gasteiger partial charge in [-0.2, -0.15) is 0 Å². The number of nitrogens with one attached hydrogen (secondary N) is 2. The lowest BCUT2D eigenvalue weighted by Gasteiger charge is -2.15. The maximum absolute atomic E-state index is 12.0. The normalized spacial score (nSPS) is 10.2. The van der Waals surface area contributed by atoms with Crippen LogP contribution in [0, 0.1) is 0 Å². The third-order valence-electron chi connectivity index (χ3n) is 2.66. The van der Waals surface area contributed by atoms with E-state index in [4.69, 9.17) is 0 Å². The molecule has 88 valence electrons. The molecule has 1 amide bonds. The third-order valence-corrected chi connectivity index (χ3v) is 2.66. The average Bonchev–Trinajstić information content (AvgIpc) is 2.35. The van der Waals surface area contributed by atoms with Crippen LogP contribution < -0.4 is 10.6 Å². The highest BCUT2D eigenvalue weighted by Gasteiger charge is 2.13. The van der Waals surface area contributed by atoms with E-state index in [-0.39, 0.29) is 11.9 Å². The molecule has 0 saturated carbocycles. The molecule has 16 heavy (non-hydrogen) atoms. The van der Waals surface area contributed by atoms with E-state index in [0.29, 0.717) is 5.56 Å². The smallest absolute Gasteiger partial charge is 0.255 e. The van der Waals surface area contributed by atoms with Gasteiger partial charge >= 0.3 is 0 Å². The number of carbonyl (C=O) groups excluding carboxylic acids is 1. The summed E-state index contributed by atoms with van der Waals surface area (Å²) in [7, 11) is 1.79. The van der Waals surface area contributed by atoms with Crippen LogP contribution in [-0.4, -0.2) is 24.0 Å². The van der Waals surface area contributed by atoms with Crippen LogP contribution in [-0.2, 0) is 0 Å². The molecule has 0 spiro atoms. The predicted octanol–water partition coefficient (Wildman–Crippen LogP) is 2.04. The van der Waals surface area contributed by atoms with Gasteiger partial charge in [0, 0.05) is 31.2 Å². The van der Waals surface area contributed by atoms with Gasteiger partial charge in [-0.25, -0.2) is 0 Å². The van der Waals surface area contributed by atoms with Crippen molar-refractivity contribution in [3.8, 4) is 0 Å². The molecule has 4 nitrogen and oxygen atoms in total. The fourth-order valence-electron chi connectivity index (χ4n) is 1.55. The average molecular weight is 221 g/mol. The fourth-order valence-corrected chi connectivity index (χ4v) is 1.55. The molecule has 0 fully saturated rings. The van der Waals surface area contributed by atoms with Crippen LogP contribution >= 0.6 is 0 Å². The van der Waals surface area contributed by atoms with E-state index in [2.05, 4.69) is 29.5 Å². The zero-order valence-electron chi connectivity index (χ0n) is 10.1. The van der Waals surface area contributed by atoms with Crippen LogP contribution in [0.4, 0.5) is 5.69 Å². The van der Waals surface area contributed by atoms with Crippen molar-refractivity contribution in [3.63, 3.8) is 0 Å². The highest BCUT2D eigenvalue weighted by atomic mass is 16.1. The van der Waals surface area contributed by atoms with Crippen molar-refractivity contribution in [2.24, 2.45) is 0 Å². The minimum Gasteiger partial charge on any atom is -0.387 e. The molecule has 1 aromatic rings. The van der Waals surface area contributed by atoms with Crippen LogP contribution in [0.2, 0.25) is 0 Å². The summed E-state index contributed by atoms with van der Waals surface area (Å²) in [6, 6.07) is 2.03. The van der Waals surface area contributed by atoms with Gasteiger partial charge in [-0.15, -0.1) is 0 Å². The van der Waals surface area contributed by atoms with Crippen molar-refractivity contribution in [1.29, 1.82) is 0 Å². The molecule has 4 heteroatoms. The van der Waals surface area contributed by atoms with Gasteiger partial charge in [0.05, 0.1) is 5.56 Å². The fraction of sp³-hybridized carbons (Fsp3) is 0.500. The van der Waals surface area contributed by atoms with Gasteiger partial charge in [0.1, 0.15) is 0 Å². The third kappa shape index (κ3) is 2.95. The number of carbonyl (C=O) groups is 1. The Morgan fingerprint density at radius 3 is 2.69 bits per heavy atom. The van der Waals surface area contributed by atoms with E-state index in [1.165, 1.54) is 0 Å². The molecule has 0 aliphatic rings. The van der Waals surface area contributed by atoms with Crippen LogP contribution in [0.1, 0.15) is 37.0 Å². The van der Waals surface area contributed by atoms with Crippen LogP contribution in [0.5, 0.6) is 0 Å². The first-order valence-electron chi connectivity index (χ1n) is 5.65. The number of nitrogens with zero attached hydrogens (tertiary/aromatic N) is 1.